The average Bonchev–Trinajstić information content (AvgIpc) is 2.07. The van der Waals surface area contributed by atoms with Gasteiger partial charge in [0, 0.05) is 10.7 Å². The number of hydrogen-bond donors (Lipinski definition) is 1. The van der Waals surface area contributed by atoms with Gasteiger partial charge in [0.2, 0.25) is 0 Å². The molecule has 0 heterocycles. The number of nitrogens with one attached hydrogen (secondary N) is 1. The van der Waals surface area contributed by atoms with Gasteiger partial charge in [-0.1, -0.05) is 16.0 Å². The molecule has 0 saturated carbocycles. The van der Waals surface area contributed by atoms with Crippen molar-refractivity contribution < 1.29 is 13.2 Å². The van der Waals surface area contributed by atoms with Crippen LogP contribution in [0.25, 0.3) is 0 Å². The van der Waals surface area contributed by atoms with Crippen LogP contribution >= 0.6 is 11.6 Å². The number of carbonyl (C=O) groups is 1. The van der Waals surface area contributed by atoms with Crippen LogP contribution in [0, 0.1) is 0 Å². The van der Waals surface area contributed by atoms with E-state index in [1.807, 2.05) is 0 Å². The Balaban J connectivity index is 2.75. The van der Waals surface area contributed by atoms with Crippen LogP contribution in [0.4, 0.5) is 10.5 Å². The van der Waals surface area contributed by atoms with Crippen molar-refractivity contribution in [3.8, 4) is 0 Å². The Hall–Kier alpha value is -1.40. The first kappa shape index (κ1) is 10.7. The highest BCUT2D eigenvalue weighted by atomic mass is 35.5. The van der Waals surface area contributed by atoms with E-state index in [1.165, 1.54) is 12.1 Å². The quantitative estimate of drug-likeness (QED) is 0.804. The molecule has 0 unspecified atom stereocenters. The first-order valence-corrected chi connectivity index (χ1v) is 4.86. The van der Waals surface area contributed by atoms with Crippen LogP contribution in [-0.2, 0) is 10.5 Å². The van der Waals surface area contributed by atoms with Gasteiger partial charge in [0.15, 0.2) is 0 Å². The molecule has 0 spiro atoms. The molecule has 2 amide bonds. The maximum Gasteiger partial charge on any atom is 0.360 e. The summed E-state index contributed by atoms with van der Waals surface area (Å²) in [5.41, 5.74) is 0.425. The molecule has 0 aliphatic carbocycles. The zero-order chi connectivity index (χ0) is 10.6. The van der Waals surface area contributed by atoms with Gasteiger partial charge in [-0.05, 0) is 24.3 Å². The molecule has 0 atom stereocenters. The number of benzene rings is 1. The second-order valence-electron chi connectivity index (χ2n) is 2.25. The lowest BCUT2D eigenvalue weighted by atomic mass is 10.3. The van der Waals surface area contributed by atoms with Crippen LogP contribution in [0.15, 0.2) is 28.6 Å². The highest BCUT2D eigenvalue weighted by molar-refractivity contribution is 7.62. The summed E-state index contributed by atoms with van der Waals surface area (Å²) in [5.74, 6) is 0. The highest BCUT2D eigenvalue weighted by Crippen LogP contribution is 2.13. The van der Waals surface area contributed by atoms with E-state index in [4.69, 9.17) is 11.6 Å². The second-order valence-corrected chi connectivity index (χ2v) is 3.30. The number of hydrogen-bond acceptors (Lipinski definition) is 3. The third kappa shape index (κ3) is 3.55. The zero-order valence-corrected chi connectivity index (χ0v) is 8.34. The maximum atomic E-state index is 10.8. The first-order chi connectivity index (χ1) is 6.58. The van der Waals surface area contributed by atoms with Gasteiger partial charge in [-0.15, -0.1) is 0 Å². The number of amides is 2. The van der Waals surface area contributed by atoms with E-state index in [2.05, 4.69) is 9.68 Å². The molecule has 0 aliphatic heterocycles. The summed E-state index contributed by atoms with van der Waals surface area (Å²) >= 11 is 5.60. The van der Waals surface area contributed by atoms with Gasteiger partial charge in [-0.2, -0.15) is 8.42 Å². The van der Waals surface area contributed by atoms with Crippen LogP contribution in [0.1, 0.15) is 0 Å². The lowest BCUT2D eigenvalue weighted by molar-refractivity contribution is 0.260. The van der Waals surface area contributed by atoms with Crippen molar-refractivity contribution in [2.24, 2.45) is 4.36 Å². The van der Waals surface area contributed by atoms with E-state index in [1.54, 1.807) is 12.1 Å². The zero-order valence-electron chi connectivity index (χ0n) is 6.77. The van der Waals surface area contributed by atoms with Crippen LogP contribution in [0.2, 0.25) is 5.02 Å². The summed E-state index contributed by atoms with van der Waals surface area (Å²) in [5, 5.41) is 2.76. The van der Waals surface area contributed by atoms with Crippen LogP contribution in [0.5, 0.6) is 0 Å². The lowest BCUT2D eigenvalue weighted by Gasteiger charge is -1.98. The van der Waals surface area contributed by atoms with Gasteiger partial charge in [0.1, 0.15) is 0 Å². The minimum atomic E-state index is -2.74. The topological polar surface area (TPSA) is 75.6 Å². The number of rotatable bonds is 1. The molecule has 0 aliphatic rings. The van der Waals surface area contributed by atoms with Crippen LogP contribution < -0.4 is 5.32 Å². The minimum Gasteiger partial charge on any atom is -0.305 e. The van der Waals surface area contributed by atoms with E-state index in [9.17, 15) is 13.2 Å². The monoisotopic (exact) mass is 232 g/mol. The smallest absolute Gasteiger partial charge is 0.305 e. The molecule has 1 rings (SSSR count). The molecule has 0 fully saturated rings. The van der Waals surface area contributed by atoms with Gasteiger partial charge in [-0.3, -0.25) is 0 Å². The maximum absolute atomic E-state index is 10.8. The van der Waals surface area contributed by atoms with Gasteiger partial charge in [-0.25, -0.2) is 4.79 Å². The summed E-state index contributed by atoms with van der Waals surface area (Å²) in [6.07, 6.45) is 0. The summed E-state index contributed by atoms with van der Waals surface area (Å²) < 4.78 is 22.7. The Morgan fingerprint density at radius 3 is 2.36 bits per heavy atom. The van der Waals surface area contributed by atoms with Gasteiger partial charge < -0.3 is 5.32 Å². The van der Waals surface area contributed by atoms with Crippen molar-refractivity contribution in [1.29, 1.82) is 0 Å². The van der Waals surface area contributed by atoms with E-state index >= 15 is 0 Å². The van der Waals surface area contributed by atoms with Crippen molar-refractivity contribution in [1.82, 2.24) is 0 Å². The molecule has 0 bridgehead atoms. The average molecular weight is 233 g/mol. The first-order valence-electron chi connectivity index (χ1n) is 3.45. The van der Waals surface area contributed by atoms with Crippen molar-refractivity contribution in [3.63, 3.8) is 0 Å². The van der Waals surface area contributed by atoms with Gasteiger partial charge in [0.25, 0.3) is 0 Å². The Morgan fingerprint density at radius 1 is 1.29 bits per heavy atom. The standard InChI is InChI=1S/C7H5ClN2O3S/c8-5-1-3-6(4-2-5)9-7(11)10-14(12)13/h1-4H,(H,9,11). The Morgan fingerprint density at radius 2 is 1.86 bits per heavy atom. The molecule has 5 nitrogen and oxygen atoms in total. The largest absolute Gasteiger partial charge is 0.360 e. The normalized spacial score (nSPS) is 9.21. The van der Waals surface area contributed by atoms with Crippen molar-refractivity contribution in [2.45, 2.75) is 0 Å². The van der Waals surface area contributed by atoms with Crippen LogP contribution in [0.3, 0.4) is 0 Å². The van der Waals surface area contributed by atoms with Gasteiger partial charge in [0.05, 0.1) is 0 Å². The molecule has 1 aromatic rings. The minimum absolute atomic E-state index is 0.425. The molecule has 7 heteroatoms. The fraction of sp³-hybridized carbons (Fsp3) is 0. The third-order valence-electron chi connectivity index (χ3n) is 1.25. The second kappa shape index (κ2) is 4.73. The van der Waals surface area contributed by atoms with E-state index in [-0.39, 0.29) is 0 Å². The van der Waals surface area contributed by atoms with Crippen LogP contribution in [-0.4, -0.2) is 14.4 Å². The molecular weight excluding hydrogens is 228 g/mol. The summed E-state index contributed by atoms with van der Waals surface area (Å²) in [6.45, 7) is 0. The third-order valence-corrected chi connectivity index (χ3v) is 1.82. The highest BCUT2D eigenvalue weighted by Gasteiger charge is 1.99. The lowest BCUT2D eigenvalue weighted by Crippen LogP contribution is -2.05. The Labute approximate surface area is 86.4 Å². The molecule has 1 N–H and O–H groups in total. The van der Waals surface area contributed by atoms with Gasteiger partial charge >= 0.3 is 16.5 Å². The Bertz CT molecular complexity index is 458. The fourth-order valence-corrected chi connectivity index (χ4v) is 1.05. The SMILES string of the molecule is O=C(N=S(=O)=O)Nc1ccc(Cl)cc1. The molecule has 14 heavy (non-hydrogen) atoms. The molecule has 0 saturated heterocycles. The number of urea groups is 1. The number of nitrogens with zero attached hydrogens (tertiary/aromatic N) is 1. The number of carbonyl (C=O) groups excluding carboxylic acids is 1. The predicted molar refractivity (Wildman–Crippen MR) is 51.8 cm³/mol. The van der Waals surface area contributed by atoms with E-state index in [0.29, 0.717) is 10.7 Å². The molecule has 0 radical (unpaired) electrons. The van der Waals surface area contributed by atoms with E-state index < -0.39 is 16.5 Å². The predicted octanol–water partition coefficient (Wildman–Crippen LogP) is 1.93. The fourth-order valence-electron chi connectivity index (χ4n) is 0.747. The van der Waals surface area contributed by atoms with E-state index in [0.717, 1.165) is 0 Å². The molecule has 1 aromatic carbocycles. The molecular formula is C7H5ClN2O3S. The van der Waals surface area contributed by atoms with Crippen molar-refractivity contribution in [3.05, 3.63) is 29.3 Å². The van der Waals surface area contributed by atoms with Crippen molar-refractivity contribution in [2.75, 3.05) is 5.32 Å². The Kier molecular flexibility index (Phi) is 3.61. The summed E-state index contributed by atoms with van der Waals surface area (Å²) in [4.78, 5) is 10.8. The summed E-state index contributed by atoms with van der Waals surface area (Å²) in [7, 11) is -2.74. The summed E-state index contributed by atoms with van der Waals surface area (Å²) in [6, 6.07) is 5.24. The molecule has 74 valence electrons. The van der Waals surface area contributed by atoms with Crippen molar-refractivity contribution >= 4 is 33.8 Å². The number of halogens is 1. The number of anilines is 1. The molecule has 0 aromatic heterocycles.